The van der Waals surface area contributed by atoms with Crippen LogP contribution in [0.25, 0.3) is 22.2 Å². The highest BCUT2D eigenvalue weighted by atomic mass is 32.2. The molecule has 0 aliphatic heterocycles. The van der Waals surface area contributed by atoms with Gasteiger partial charge in [0.1, 0.15) is 10.5 Å². The van der Waals surface area contributed by atoms with E-state index in [-0.39, 0.29) is 27.9 Å². The van der Waals surface area contributed by atoms with Crippen molar-refractivity contribution in [2.24, 2.45) is 0 Å². The van der Waals surface area contributed by atoms with Gasteiger partial charge < -0.3 is 26.5 Å². The molecule has 4 rings (SSSR count). The predicted molar refractivity (Wildman–Crippen MR) is 189 cm³/mol. The molecule has 47 heavy (non-hydrogen) atoms. The molecule has 1 heterocycles. The number of nitrogens with two attached hydrogens (primary N) is 2. The van der Waals surface area contributed by atoms with Gasteiger partial charge in [-0.1, -0.05) is 23.3 Å². The number of anilines is 2. The third-order valence-electron chi connectivity index (χ3n) is 7.87. The third kappa shape index (κ3) is 9.07. The summed E-state index contributed by atoms with van der Waals surface area (Å²) in [6, 6.07) is 14.8. The molecule has 4 aromatic rings. The lowest BCUT2D eigenvalue weighted by atomic mass is 9.95. The lowest BCUT2D eigenvalue weighted by molar-refractivity contribution is 0.0498. The predicted octanol–water partition coefficient (Wildman–Crippen LogP) is 6.27. The quantitative estimate of drug-likeness (QED) is 0.134. The number of aryl methyl sites for hydroxylation is 4. The van der Waals surface area contributed by atoms with Gasteiger partial charge in [-0.3, -0.25) is 0 Å². The van der Waals surface area contributed by atoms with Crippen molar-refractivity contribution in [3.05, 3.63) is 70.8 Å². The van der Waals surface area contributed by atoms with Gasteiger partial charge in [0.2, 0.25) is 0 Å². The zero-order valence-corrected chi connectivity index (χ0v) is 29.8. The molecule has 0 saturated heterocycles. The molecule has 254 valence electrons. The van der Waals surface area contributed by atoms with E-state index >= 15 is 0 Å². The normalized spacial score (nSPS) is 13.1. The molecular weight excluding hydrogens is 637 g/mol. The second-order valence-corrected chi connectivity index (χ2v) is 17.4. The molecule has 0 spiro atoms. The van der Waals surface area contributed by atoms with Crippen LogP contribution in [0.1, 0.15) is 62.3 Å². The first-order chi connectivity index (χ1) is 21.7. The smallest absolute Gasteiger partial charge is 0.407 e. The molecule has 1 amide bonds. The van der Waals surface area contributed by atoms with E-state index in [4.69, 9.17) is 16.2 Å². The van der Waals surface area contributed by atoms with Crippen molar-refractivity contribution >= 4 is 48.0 Å². The van der Waals surface area contributed by atoms with Crippen LogP contribution in [0.2, 0.25) is 0 Å². The average Bonchev–Trinajstić information content (AvgIpc) is 3.27. The maximum atomic E-state index is 12.9. The number of nitrogen functional groups attached to an aromatic ring is 2. The fraction of sp³-hybridized carbons (Fsp3) is 0.400. The number of benzene rings is 3. The van der Waals surface area contributed by atoms with Crippen LogP contribution in [0.5, 0.6) is 0 Å². The minimum absolute atomic E-state index is 0.111. The number of sulfone groups is 2. The van der Waals surface area contributed by atoms with E-state index in [9.17, 15) is 21.6 Å². The molecular formula is C35H46N4O6S2. The Hall–Kier alpha value is -4.03. The Balaban J connectivity index is 1.66. The Bertz CT molecular complexity index is 2010. The van der Waals surface area contributed by atoms with Crippen molar-refractivity contribution < 1.29 is 26.4 Å². The van der Waals surface area contributed by atoms with E-state index in [2.05, 4.69) is 42.3 Å². The number of H-pyrrole nitrogens is 1. The molecule has 1 unspecified atom stereocenters. The molecule has 0 aliphatic carbocycles. The van der Waals surface area contributed by atoms with Gasteiger partial charge in [0.25, 0.3) is 0 Å². The van der Waals surface area contributed by atoms with Gasteiger partial charge >= 0.3 is 6.09 Å². The van der Waals surface area contributed by atoms with Gasteiger partial charge in [-0.2, -0.15) is 0 Å². The number of fused-ring (bicyclic) bond motifs is 1. The first kappa shape index (κ1) is 35.8. The summed E-state index contributed by atoms with van der Waals surface area (Å²) in [5.74, 6) is 0. The fourth-order valence-corrected chi connectivity index (χ4v) is 9.09. The highest BCUT2D eigenvalue weighted by Crippen LogP contribution is 2.35. The van der Waals surface area contributed by atoms with Crippen LogP contribution in [-0.2, 0) is 37.3 Å². The van der Waals surface area contributed by atoms with E-state index in [1.54, 1.807) is 26.8 Å². The first-order valence-corrected chi connectivity index (χ1v) is 19.3. The summed E-state index contributed by atoms with van der Waals surface area (Å²) in [5.41, 5.74) is 18.7. The number of nitrogens with one attached hydrogen (secondary N) is 2. The Morgan fingerprint density at radius 1 is 0.872 bits per heavy atom. The highest BCUT2D eigenvalue weighted by molar-refractivity contribution is 7.94. The van der Waals surface area contributed by atoms with Gasteiger partial charge in [-0.25, -0.2) is 21.6 Å². The first-order valence-electron chi connectivity index (χ1n) is 15.5. The van der Waals surface area contributed by atoms with Crippen molar-refractivity contribution in [2.45, 2.75) is 88.2 Å². The number of hydrogen-bond donors (Lipinski definition) is 4. The fourth-order valence-electron chi connectivity index (χ4n) is 6.12. The summed E-state index contributed by atoms with van der Waals surface area (Å²) in [4.78, 5) is 15.9. The largest absolute Gasteiger partial charge is 0.444 e. The number of rotatable bonds is 11. The van der Waals surface area contributed by atoms with E-state index in [1.165, 1.54) is 6.07 Å². The van der Waals surface area contributed by atoms with Gasteiger partial charge in [-0.05, 0) is 120 Å². The maximum absolute atomic E-state index is 12.9. The summed E-state index contributed by atoms with van der Waals surface area (Å²) in [7, 11) is -7.85. The van der Waals surface area contributed by atoms with Crippen molar-refractivity contribution in [1.29, 1.82) is 0 Å². The number of ether oxygens (including phenoxy) is 1. The van der Waals surface area contributed by atoms with Crippen LogP contribution in [0.4, 0.5) is 16.2 Å². The van der Waals surface area contributed by atoms with Crippen molar-refractivity contribution in [2.75, 3.05) is 24.0 Å². The zero-order chi connectivity index (χ0) is 34.9. The molecule has 0 fully saturated rings. The molecule has 0 aliphatic rings. The highest BCUT2D eigenvalue weighted by Gasteiger charge is 2.27. The summed E-state index contributed by atoms with van der Waals surface area (Å²) in [6.07, 6.45) is 3.72. The number of aromatic amines is 1. The average molecular weight is 683 g/mol. The molecule has 1 aromatic heterocycles. The van der Waals surface area contributed by atoms with Crippen LogP contribution >= 0.6 is 0 Å². The molecule has 0 radical (unpaired) electrons. The minimum Gasteiger partial charge on any atom is -0.444 e. The second-order valence-electron chi connectivity index (χ2n) is 13.5. The summed E-state index contributed by atoms with van der Waals surface area (Å²) < 4.78 is 56.3. The number of aromatic nitrogens is 1. The monoisotopic (exact) mass is 682 g/mol. The van der Waals surface area contributed by atoms with Gasteiger partial charge in [0, 0.05) is 40.8 Å². The second kappa shape index (κ2) is 13.6. The third-order valence-corrected chi connectivity index (χ3v) is 10.4. The molecule has 1 atom stereocenters. The van der Waals surface area contributed by atoms with Crippen LogP contribution in [-0.4, -0.2) is 52.1 Å². The standard InChI is InChI=1S/C35H46N4O6S2/c1-21-17-22(2)19-24(18-21)31-27(28-20-25(36)12-16-30(28)39-31)14-13-26(38-34(40)45-35(3,4)5)10-8-9-23-11-15-29(37)33(47(7,43)44)32(23)46(6,41)42/h11-12,15-20,26,39H,8-10,13-14,36-37H2,1-7H3,(H,38,40). The molecule has 0 saturated carbocycles. The summed E-state index contributed by atoms with van der Waals surface area (Å²) in [6.45, 7) is 9.50. The number of carbonyl (C=O) groups is 1. The van der Waals surface area contributed by atoms with Gasteiger partial charge in [-0.15, -0.1) is 0 Å². The minimum atomic E-state index is -3.92. The van der Waals surface area contributed by atoms with Crippen LogP contribution in [0.15, 0.2) is 58.3 Å². The molecule has 12 heteroatoms. The molecule has 0 bridgehead atoms. The van der Waals surface area contributed by atoms with E-state index in [0.717, 1.165) is 51.4 Å². The van der Waals surface area contributed by atoms with E-state index in [1.807, 2.05) is 18.2 Å². The Morgan fingerprint density at radius 3 is 2.11 bits per heavy atom. The van der Waals surface area contributed by atoms with E-state index < -0.39 is 31.4 Å². The van der Waals surface area contributed by atoms with Gasteiger partial charge in [0.15, 0.2) is 19.7 Å². The molecule has 10 nitrogen and oxygen atoms in total. The van der Waals surface area contributed by atoms with Crippen molar-refractivity contribution in [3.63, 3.8) is 0 Å². The lowest BCUT2D eigenvalue weighted by Gasteiger charge is -2.24. The van der Waals surface area contributed by atoms with Crippen LogP contribution < -0.4 is 16.8 Å². The number of alkyl carbamates (subject to hydrolysis) is 1. The summed E-state index contributed by atoms with van der Waals surface area (Å²) >= 11 is 0. The van der Waals surface area contributed by atoms with Crippen LogP contribution in [0, 0.1) is 13.8 Å². The van der Waals surface area contributed by atoms with Crippen LogP contribution in [0.3, 0.4) is 0 Å². The molecule has 3 aromatic carbocycles. The Kier molecular flexibility index (Phi) is 10.4. The van der Waals surface area contributed by atoms with E-state index in [0.29, 0.717) is 36.9 Å². The summed E-state index contributed by atoms with van der Waals surface area (Å²) in [5, 5.41) is 4.02. The lowest BCUT2D eigenvalue weighted by Crippen LogP contribution is -2.39. The number of carbonyl (C=O) groups excluding carboxylic acids is 1. The maximum Gasteiger partial charge on any atom is 0.407 e. The Labute approximate surface area is 278 Å². The van der Waals surface area contributed by atoms with Crippen molar-refractivity contribution in [3.8, 4) is 11.3 Å². The Morgan fingerprint density at radius 2 is 1.51 bits per heavy atom. The number of amides is 1. The topological polar surface area (TPSA) is 174 Å². The SMILES string of the molecule is Cc1cc(C)cc(-c2[nH]c3ccc(N)cc3c2CCC(CCCc2ccc(N)c(S(C)(=O)=O)c2S(C)(=O)=O)NC(=O)OC(C)(C)C)c1. The zero-order valence-electron chi connectivity index (χ0n) is 28.2. The van der Waals surface area contributed by atoms with Crippen molar-refractivity contribution in [1.82, 2.24) is 10.3 Å². The number of hydrogen-bond acceptors (Lipinski definition) is 8. The molecule has 6 N–H and O–H groups in total. The van der Waals surface area contributed by atoms with Gasteiger partial charge in [0.05, 0.1) is 10.6 Å².